The number of rotatable bonds is 5. The third-order valence-corrected chi connectivity index (χ3v) is 5.90. The van der Waals surface area contributed by atoms with Crippen LogP contribution in [0.25, 0.3) is 20.9 Å². The molecule has 3 heterocycles. The van der Waals surface area contributed by atoms with Crippen LogP contribution in [0.3, 0.4) is 0 Å². The minimum atomic E-state index is -0.771. The van der Waals surface area contributed by atoms with E-state index in [9.17, 15) is 9.90 Å². The van der Waals surface area contributed by atoms with Gasteiger partial charge in [-0.1, -0.05) is 12.1 Å². The number of nitrogens with zero attached hydrogens (tertiary/aromatic N) is 1. The first-order valence-corrected chi connectivity index (χ1v) is 9.29. The van der Waals surface area contributed by atoms with Crippen molar-refractivity contribution in [1.29, 1.82) is 0 Å². The number of hydrogen-bond acceptors (Lipinski definition) is 6. The molecule has 1 aromatic carbocycles. The van der Waals surface area contributed by atoms with Crippen molar-refractivity contribution in [3.63, 3.8) is 0 Å². The number of hydrogen-bond donors (Lipinski definition) is 2. The van der Waals surface area contributed by atoms with Gasteiger partial charge in [0.15, 0.2) is 5.01 Å². The summed E-state index contributed by atoms with van der Waals surface area (Å²) in [5, 5.41) is 13.5. The topological polar surface area (TPSA) is 75.4 Å². The monoisotopic (exact) mass is 370 g/mol. The quantitative estimate of drug-likeness (QED) is 0.555. The summed E-state index contributed by atoms with van der Waals surface area (Å²) in [7, 11) is 0. The molecule has 0 saturated carbocycles. The van der Waals surface area contributed by atoms with Gasteiger partial charge in [-0.2, -0.15) is 0 Å². The van der Waals surface area contributed by atoms with Gasteiger partial charge in [0.2, 0.25) is 0 Å². The van der Waals surface area contributed by atoms with Crippen molar-refractivity contribution in [2.75, 3.05) is 6.54 Å². The second-order valence-electron chi connectivity index (χ2n) is 5.39. The Bertz CT molecular complexity index is 971. The molecule has 7 heteroatoms. The molecule has 1 amide bonds. The van der Waals surface area contributed by atoms with Gasteiger partial charge in [0.1, 0.15) is 11.9 Å². The highest BCUT2D eigenvalue weighted by Gasteiger charge is 2.16. The molecule has 0 aliphatic rings. The van der Waals surface area contributed by atoms with Gasteiger partial charge in [-0.05, 0) is 36.4 Å². The van der Waals surface area contributed by atoms with Gasteiger partial charge in [-0.15, -0.1) is 22.7 Å². The molecule has 0 fully saturated rings. The maximum atomic E-state index is 12.3. The Kier molecular flexibility index (Phi) is 4.35. The molecule has 5 nitrogen and oxygen atoms in total. The maximum absolute atomic E-state index is 12.3. The van der Waals surface area contributed by atoms with Crippen LogP contribution in [0, 0.1) is 0 Å². The first-order valence-electron chi connectivity index (χ1n) is 7.66. The molecule has 0 radical (unpaired) electrons. The summed E-state index contributed by atoms with van der Waals surface area (Å²) in [5.41, 5.74) is 0.805. The number of thiazole rings is 1. The molecule has 3 aromatic heterocycles. The first kappa shape index (κ1) is 16.0. The fraction of sp³-hybridized carbons (Fsp3) is 0.111. The summed E-state index contributed by atoms with van der Waals surface area (Å²) in [5.74, 6) is 0.491. The molecule has 4 rings (SSSR count). The van der Waals surface area contributed by atoms with E-state index >= 15 is 0 Å². The van der Waals surface area contributed by atoms with Gasteiger partial charge >= 0.3 is 0 Å². The number of carbonyl (C=O) groups excluding carboxylic acids is 1. The Hall–Kier alpha value is -2.48. The van der Waals surface area contributed by atoms with E-state index < -0.39 is 6.10 Å². The predicted molar refractivity (Wildman–Crippen MR) is 98.9 cm³/mol. The summed E-state index contributed by atoms with van der Waals surface area (Å²) in [4.78, 5) is 18.3. The minimum Gasteiger partial charge on any atom is -0.464 e. The van der Waals surface area contributed by atoms with Crippen LogP contribution in [0.4, 0.5) is 0 Å². The van der Waals surface area contributed by atoms with Crippen molar-refractivity contribution in [2.24, 2.45) is 0 Å². The molecule has 0 spiro atoms. The van der Waals surface area contributed by atoms with Crippen LogP contribution in [0.15, 0.2) is 59.2 Å². The lowest BCUT2D eigenvalue weighted by Gasteiger charge is -2.09. The van der Waals surface area contributed by atoms with Crippen LogP contribution in [0.5, 0.6) is 0 Å². The van der Waals surface area contributed by atoms with E-state index in [0.29, 0.717) is 5.01 Å². The third-order valence-electron chi connectivity index (χ3n) is 3.66. The number of nitrogens with one attached hydrogen (secondary N) is 1. The number of carbonyl (C=O) groups is 1. The number of amides is 1. The van der Waals surface area contributed by atoms with E-state index in [1.807, 2.05) is 48.5 Å². The Morgan fingerprint density at radius 2 is 2.04 bits per heavy atom. The lowest BCUT2D eigenvalue weighted by atomic mass is 10.3. The third kappa shape index (κ3) is 3.34. The predicted octanol–water partition coefficient (Wildman–Crippen LogP) is 4.08. The molecule has 1 unspecified atom stereocenters. The van der Waals surface area contributed by atoms with E-state index in [2.05, 4.69) is 10.3 Å². The molecule has 0 bridgehead atoms. The van der Waals surface area contributed by atoms with E-state index in [4.69, 9.17) is 4.42 Å². The number of para-hydroxylation sites is 1. The first-order chi connectivity index (χ1) is 12.2. The minimum absolute atomic E-state index is 0.132. The normalized spacial score (nSPS) is 12.4. The Morgan fingerprint density at radius 3 is 2.84 bits per heavy atom. The number of aliphatic hydroxyl groups is 1. The summed E-state index contributed by atoms with van der Waals surface area (Å²) in [6.45, 7) is 0.132. The van der Waals surface area contributed by atoms with E-state index in [1.165, 1.54) is 22.7 Å². The molecule has 2 N–H and O–H groups in total. The van der Waals surface area contributed by atoms with Crippen LogP contribution in [-0.2, 0) is 0 Å². The largest absolute Gasteiger partial charge is 0.464 e. The van der Waals surface area contributed by atoms with Crippen LogP contribution in [0.1, 0.15) is 20.8 Å². The highest BCUT2D eigenvalue weighted by molar-refractivity contribution is 7.20. The van der Waals surface area contributed by atoms with Gasteiger partial charge in [0.25, 0.3) is 5.91 Å². The van der Waals surface area contributed by atoms with Crippen LogP contribution < -0.4 is 5.32 Å². The Labute approximate surface area is 151 Å². The number of benzene rings is 1. The fourth-order valence-corrected chi connectivity index (χ4v) is 4.26. The number of aliphatic hydroxyl groups excluding tert-OH is 1. The highest BCUT2D eigenvalue weighted by atomic mass is 32.1. The van der Waals surface area contributed by atoms with Crippen molar-refractivity contribution in [1.82, 2.24) is 10.3 Å². The van der Waals surface area contributed by atoms with Gasteiger partial charge in [-0.3, -0.25) is 4.79 Å². The number of thiophene rings is 1. The van der Waals surface area contributed by atoms with Crippen molar-refractivity contribution >= 4 is 38.8 Å². The molecule has 0 saturated heterocycles. The Morgan fingerprint density at radius 1 is 1.16 bits per heavy atom. The number of fused-ring (bicyclic) bond motifs is 1. The summed E-state index contributed by atoms with van der Waals surface area (Å²) < 4.78 is 6.32. The SMILES string of the molecule is O=C(NCC(O)c1ccc(-c2ccco2)s1)c1nc2ccccc2s1. The van der Waals surface area contributed by atoms with E-state index in [0.717, 1.165) is 25.7 Å². The second-order valence-corrected chi connectivity index (χ2v) is 7.54. The van der Waals surface area contributed by atoms with Gasteiger partial charge in [0.05, 0.1) is 21.4 Å². The number of furan rings is 1. The smallest absolute Gasteiger partial charge is 0.280 e. The molecule has 4 aromatic rings. The zero-order valence-electron chi connectivity index (χ0n) is 13.0. The molecule has 25 heavy (non-hydrogen) atoms. The van der Waals surface area contributed by atoms with Crippen molar-refractivity contribution in [3.8, 4) is 10.6 Å². The molecular formula is C18H14N2O3S2. The molecule has 0 aliphatic heterocycles. The van der Waals surface area contributed by atoms with E-state index in [-0.39, 0.29) is 12.5 Å². The lowest BCUT2D eigenvalue weighted by Crippen LogP contribution is -2.27. The van der Waals surface area contributed by atoms with Crippen LogP contribution in [0.2, 0.25) is 0 Å². The van der Waals surface area contributed by atoms with Crippen molar-refractivity contribution < 1.29 is 14.3 Å². The van der Waals surface area contributed by atoms with Gasteiger partial charge < -0.3 is 14.8 Å². The molecular weight excluding hydrogens is 356 g/mol. The maximum Gasteiger partial charge on any atom is 0.280 e. The van der Waals surface area contributed by atoms with Gasteiger partial charge in [-0.25, -0.2) is 4.98 Å². The molecule has 126 valence electrons. The molecule has 0 aliphatic carbocycles. The zero-order chi connectivity index (χ0) is 17.2. The fourth-order valence-electron chi connectivity index (χ4n) is 2.42. The average molecular weight is 370 g/mol. The van der Waals surface area contributed by atoms with Crippen molar-refractivity contribution in [2.45, 2.75) is 6.10 Å². The van der Waals surface area contributed by atoms with Gasteiger partial charge in [0, 0.05) is 11.4 Å². The lowest BCUT2D eigenvalue weighted by molar-refractivity contribution is 0.0918. The Balaban J connectivity index is 1.41. The standard InChI is InChI=1S/C18H14N2O3S2/c21-12(15-7-8-16(24-15)13-5-3-9-23-13)10-19-17(22)18-20-11-4-1-2-6-14(11)25-18/h1-9,12,21H,10H2,(H,19,22). The molecule has 1 atom stereocenters. The van der Waals surface area contributed by atoms with Crippen LogP contribution in [-0.4, -0.2) is 22.5 Å². The van der Waals surface area contributed by atoms with Crippen LogP contribution >= 0.6 is 22.7 Å². The highest BCUT2D eigenvalue weighted by Crippen LogP contribution is 2.31. The van der Waals surface area contributed by atoms with E-state index in [1.54, 1.807) is 6.26 Å². The summed E-state index contributed by atoms with van der Waals surface area (Å²) in [6, 6.07) is 15.1. The summed E-state index contributed by atoms with van der Waals surface area (Å²) in [6.07, 6.45) is 0.843. The van der Waals surface area contributed by atoms with Crippen molar-refractivity contribution in [3.05, 3.63) is 64.7 Å². The number of aromatic nitrogens is 1. The zero-order valence-corrected chi connectivity index (χ0v) is 14.6. The summed E-state index contributed by atoms with van der Waals surface area (Å²) >= 11 is 2.78. The average Bonchev–Trinajstić information content (AvgIpc) is 3.38. The second kappa shape index (κ2) is 6.79.